The normalized spacial score (nSPS) is 15.4. The number of fused-ring (bicyclic) bond motifs is 1. The summed E-state index contributed by atoms with van der Waals surface area (Å²) >= 11 is 6.12. The van der Waals surface area contributed by atoms with Crippen molar-refractivity contribution < 1.29 is 23.1 Å². The molecule has 41 heavy (non-hydrogen) atoms. The van der Waals surface area contributed by atoms with Gasteiger partial charge < -0.3 is 19.9 Å². The Balaban J connectivity index is 1.56. The van der Waals surface area contributed by atoms with Crippen LogP contribution >= 0.6 is 11.6 Å². The molecule has 1 aromatic heterocycles. The van der Waals surface area contributed by atoms with Gasteiger partial charge in [0.1, 0.15) is 0 Å². The second-order valence-corrected chi connectivity index (χ2v) is 10.5. The Morgan fingerprint density at radius 2 is 1.76 bits per heavy atom. The lowest BCUT2D eigenvalue weighted by Crippen LogP contribution is -2.48. The van der Waals surface area contributed by atoms with Crippen LogP contribution in [0, 0.1) is 0 Å². The molecule has 11 heteroatoms. The minimum absolute atomic E-state index is 0.0163. The SMILES string of the molecule is CN1CCN(CC(=O)N(C)c2ccc(N=C(c3ccccc3)c3c(O)[nH]c4cc(Cl)ccc34)cc2C(F)(F)F)CC1. The van der Waals surface area contributed by atoms with Gasteiger partial charge in [0.15, 0.2) is 5.88 Å². The Labute approximate surface area is 240 Å². The van der Waals surface area contributed by atoms with Crippen molar-refractivity contribution in [3.63, 3.8) is 0 Å². The van der Waals surface area contributed by atoms with Gasteiger partial charge >= 0.3 is 6.18 Å². The minimum atomic E-state index is -4.74. The van der Waals surface area contributed by atoms with E-state index in [9.17, 15) is 23.1 Å². The number of piperazine rings is 1. The maximum absolute atomic E-state index is 14.3. The number of nitrogens with one attached hydrogen (secondary N) is 1. The third kappa shape index (κ3) is 6.24. The lowest BCUT2D eigenvalue weighted by Gasteiger charge is -2.33. The molecule has 2 heterocycles. The van der Waals surface area contributed by atoms with Crippen LogP contribution in [0.3, 0.4) is 0 Å². The number of nitrogens with zero attached hydrogens (tertiary/aromatic N) is 4. The number of hydrogen-bond acceptors (Lipinski definition) is 5. The maximum Gasteiger partial charge on any atom is 0.418 e. The van der Waals surface area contributed by atoms with Crippen LogP contribution in [0.2, 0.25) is 5.02 Å². The monoisotopic (exact) mass is 583 g/mol. The zero-order valence-corrected chi connectivity index (χ0v) is 23.3. The third-order valence-electron chi connectivity index (χ3n) is 7.24. The van der Waals surface area contributed by atoms with Crippen LogP contribution in [-0.2, 0) is 11.0 Å². The summed E-state index contributed by atoms with van der Waals surface area (Å²) < 4.78 is 43.0. The highest BCUT2D eigenvalue weighted by Crippen LogP contribution is 2.40. The zero-order valence-electron chi connectivity index (χ0n) is 22.5. The van der Waals surface area contributed by atoms with Gasteiger partial charge in [-0.1, -0.05) is 48.0 Å². The van der Waals surface area contributed by atoms with E-state index >= 15 is 0 Å². The molecule has 7 nitrogen and oxygen atoms in total. The molecule has 0 radical (unpaired) electrons. The van der Waals surface area contributed by atoms with E-state index in [4.69, 9.17) is 11.6 Å². The average Bonchev–Trinajstić information content (AvgIpc) is 3.26. The fourth-order valence-electron chi connectivity index (χ4n) is 4.94. The molecular formula is C30H29ClF3N5O2. The first-order valence-corrected chi connectivity index (χ1v) is 13.4. The number of aromatic nitrogens is 1. The molecule has 0 bridgehead atoms. The molecule has 2 N–H and O–H groups in total. The van der Waals surface area contributed by atoms with Crippen LogP contribution in [0.4, 0.5) is 24.5 Å². The van der Waals surface area contributed by atoms with Crippen LogP contribution in [0.25, 0.3) is 10.9 Å². The van der Waals surface area contributed by atoms with Crippen molar-refractivity contribution in [1.82, 2.24) is 14.8 Å². The first kappa shape index (κ1) is 28.7. The Kier molecular flexibility index (Phi) is 8.08. The topological polar surface area (TPSA) is 75.2 Å². The Morgan fingerprint density at radius 1 is 1.05 bits per heavy atom. The van der Waals surface area contributed by atoms with Gasteiger partial charge in [-0.2, -0.15) is 13.2 Å². The highest BCUT2D eigenvalue weighted by Gasteiger charge is 2.36. The van der Waals surface area contributed by atoms with E-state index in [-0.39, 0.29) is 29.5 Å². The van der Waals surface area contributed by atoms with Crippen molar-refractivity contribution in [2.45, 2.75) is 6.18 Å². The molecule has 1 amide bonds. The van der Waals surface area contributed by atoms with Gasteiger partial charge in [-0.25, -0.2) is 4.99 Å². The van der Waals surface area contributed by atoms with Crippen LogP contribution in [0.5, 0.6) is 5.88 Å². The van der Waals surface area contributed by atoms with Gasteiger partial charge in [0, 0.05) is 49.2 Å². The predicted molar refractivity (Wildman–Crippen MR) is 156 cm³/mol. The van der Waals surface area contributed by atoms with E-state index in [1.165, 1.54) is 19.2 Å². The molecule has 1 fully saturated rings. The number of rotatable bonds is 6. The summed E-state index contributed by atoms with van der Waals surface area (Å²) in [4.78, 5) is 25.6. The molecule has 0 unspecified atom stereocenters. The highest BCUT2D eigenvalue weighted by molar-refractivity contribution is 6.31. The number of aliphatic imine (C=N–C) groups is 1. The fourth-order valence-corrected chi connectivity index (χ4v) is 5.11. The number of anilines is 1. The molecule has 0 spiro atoms. The molecule has 1 saturated heterocycles. The summed E-state index contributed by atoms with van der Waals surface area (Å²) in [5.41, 5.74) is 0.549. The third-order valence-corrected chi connectivity index (χ3v) is 7.48. The van der Waals surface area contributed by atoms with Crippen LogP contribution < -0.4 is 4.90 Å². The maximum atomic E-state index is 14.3. The molecule has 4 aromatic rings. The van der Waals surface area contributed by atoms with E-state index in [0.29, 0.717) is 40.1 Å². The van der Waals surface area contributed by atoms with Crippen molar-refractivity contribution in [2.75, 3.05) is 51.7 Å². The number of alkyl halides is 3. The lowest BCUT2D eigenvalue weighted by molar-refractivity contribution is -0.137. The standard InChI is InChI=1S/C30H29ClF3N5O2/c1-37-12-14-39(15-13-37)18-26(40)38(2)25-11-9-21(17-23(25)30(32,33)34)35-28(19-6-4-3-5-7-19)27-22-10-8-20(31)16-24(22)36-29(27)41/h3-11,16-17,36,41H,12-15,18H2,1-2H3. The minimum Gasteiger partial charge on any atom is -0.494 e. The average molecular weight is 584 g/mol. The van der Waals surface area contributed by atoms with Crippen LogP contribution in [0.15, 0.2) is 71.7 Å². The summed E-state index contributed by atoms with van der Waals surface area (Å²) in [7, 11) is 3.35. The number of aromatic hydroxyl groups is 1. The van der Waals surface area contributed by atoms with Gasteiger partial charge in [0.05, 0.1) is 40.3 Å². The molecule has 3 aromatic carbocycles. The van der Waals surface area contributed by atoms with Crippen molar-refractivity contribution in [1.29, 1.82) is 0 Å². The summed E-state index contributed by atoms with van der Waals surface area (Å²) in [6.45, 7) is 2.96. The van der Waals surface area contributed by atoms with Crippen LogP contribution in [0.1, 0.15) is 16.7 Å². The molecular weight excluding hydrogens is 555 g/mol. The molecule has 0 aliphatic carbocycles. The number of amides is 1. The Hall–Kier alpha value is -3.86. The first-order valence-electron chi connectivity index (χ1n) is 13.0. The van der Waals surface area contributed by atoms with Gasteiger partial charge in [-0.15, -0.1) is 0 Å². The highest BCUT2D eigenvalue weighted by atomic mass is 35.5. The van der Waals surface area contributed by atoms with Gasteiger partial charge in [-0.05, 0) is 37.4 Å². The predicted octanol–water partition coefficient (Wildman–Crippen LogP) is 5.93. The number of likely N-dealkylation sites (N-methyl/N-ethyl adjacent to an activating group) is 2. The molecule has 1 aliphatic heterocycles. The molecule has 214 valence electrons. The quantitative estimate of drug-likeness (QED) is 0.276. The Bertz CT molecular complexity index is 1600. The zero-order chi connectivity index (χ0) is 29.3. The van der Waals surface area contributed by atoms with E-state index in [0.717, 1.165) is 24.1 Å². The van der Waals surface area contributed by atoms with Crippen molar-refractivity contribution in [2.24, 2.45) is 4.99 Å². The molecule has 1 aliphatic rings. The number of carbonyl (C=O) groups excluding carboxylic acids is 1. The second kappa shape index (κ2) is 11.6. The largest absolute Gasteiger partial charge is 0.494 e. The first-order chi connectivity index (χ1) is 19.5. The number of aromatic amines is 1. The summed E-state index contributed by atoms with van der Waals surface area (Å²) in [6.07, 6.45) is -4.74. The van der Waals surface area contributed by atoms with Gasteiger partial charge in [0.25, 0.3) is 0 Å². The molecule has 0 saturated carbocycles. The van der Waals surface area contributed by atoms with E-state index in [1.807, 2.05) is 18.0 Å². The number of hydrogen-bond donors (Lipinski definition) is 2. The molecule has 5 rings (SSSR count). The van der Waals surface area contributed by atoms with E-state index in [1.54, 1.807) is 42.5 Å². The Morgan fingerprint density at radius 3 is 2.44 bits per heavy atom. The summed E-state index contributed by atoms with van der Waals surface area (Å²) in [5.74, 6) is -0.615. The second-order valence-electron chi connectivity index (χ2n) is 10.1. The molecule has 0 atom stereocenters. The lowest BCUT2D eigenvalue weighted by atomic mass is 10.0. The van der Waals surface area contributed by atoms with Crippen molar-refractivity contribution in [3.05, 3.63) is 88.4 Å². The summed E-state index contributed by atoms with van der Waals surface area (Å²) in [5, 5.41) is 11.9. The fraction of sp³-hybridized carbons (Fsp3) is 0.267. The van der Waals surface area contributed by atoms with Crippen molar-refractivity contribution in [3.8, 4) is 5.88 Å². The van der Waals surface area contributed by atoms with Gasteiger partial charge in [-0.3, -0.25) is 9.69 Å². The van der Waals surface area contributed by atoms with E-state index < -0.39 is 17.6 Å². The number of H-pyrrole nitrogens is 1. The smallest absolute Gasteiger partial charge is 0.418 e. The number of benzene rings is 3. The van der Waals surface area contributed by atoms with E-state index in [2.05, 4.69) is 14.9 Å². The van der Waals surface area contributed by atoms with Crippen molar-refractivity contribution >= 4 is 45.5 Å². The number of carbonyl (C=O) groups is 1. The number of halogens is 4. The summed E-state index contributed by atoms with van der Waals surface area (Å²) in [6, 6.07) is 17.5. The van der Waals surface area contributed by atoms with Gasteiger partial charge in [0.2, 0.25) is 5.91 Å². The van der Waals surface area contributed by atoms with Crippen LogP contribution in [-0.4, -0.2) is 78.3 Å².